The molecular formula is C88H54N12. The zero-order chi connectivity index (χ0) is 67.1. The largest absolute Gasteiger partial charge is 0.228 e. The first-order valence-electron chi connectivity index (χ1n) is 32.5. The van der Waals surface area contributed by atoms with Gasteiger partial charge < -0.3 is 0 Å². The molecule has 0 amide bonds. The van der Waals surface area contributed by atoms with Gasteiger partial charge in [-0.25, -0.2) is 49.8 Å². The minimum Gasteiger partial charge on any atom is -0.228 e. The maximum absolute atomic E-state index is 9.79. The minimum absolute atomic E-state index is 0.448. The third kappa shape index (κ3) is 13.1. The quantitative estimate of drug-likeness (QED) is 0.0950. The van der Waals surface area contributed by atoms with Crippen molar-refractivity contribution in [2.45, 2.75) is 0 Å². The van der Waals surface area contributed by atoms with Crippen LogP contribution in [0.25, 0.3) is 170 Å². The summed E-state index contributed by atoms with van der Waals surface area (Å²) in [7, 11) is 0. The van der Waals surface area contributed by atoms with Crippen LogP contribution in [-0.2, 0) is 0 Å². The molecule has 0 aliphatic heterocycles. The molecule has 12 aromatic carbocycles. The van der Waals surface area contributed by atoms with Crippen LogP contribution in [0.1, 0.15) is 11.1 Å². The zero-order valence-electron chi connectivity index (χ0n) is 53.5. The minimum atomic E-state index is 0.448. The normalized spacial score (nSPS) is 11.0. The summed E-state index contributed by atoms with van der Waals surface area (Å²) in [5.41, 5.74) is 19.8. The lowest BCUT2D eigenvalue weighted by Crippen LogP contribution is -2.02. The van der Waals surface area contributed by atoms with Gasteiger partial charge in [-0.3, -0.25) is 0 Å². The molecule has 4 heterocycles. The van der Waals surface area contributed by atoms with Crippen LogP contribution in [0.3, 0.4) is 0 Å². The van der Waals surface area contributed by atoms with Gasteiger partial charge in [0.15, 0.2) is 46.6 Å². The Morgan fingerprint density at radius 1 is 0.150 bits per heavy atom. The van der Waals surface area contributed by atoms with Crippen LogP contribution in [0.15, 0.2) is 328 Å². The second-order valence-corrected chi connectivity index (χ2v) is 23.9. The SMILES string of the molecule is N#Cc1ccc(-c2cc(-c3cc(-c4ccccc4)nc(-c4ccccc4)n3)cc(-c3cc(-c4ccc(-c5ccc(-c6nc(-c7ccccc7)nc(-c7cc(-c8ccc(C#N)cc8)cc(-c8nc(-c9ccccc9)nc(-c9ccccc9)n8)c7)n6)cc5)cc4)nc(-c4ccccc4)n3)c2)cc1. The van der Waals surface area contributed by atoms with Crippen molar-refractivity contribution in [1.82, 2.24) is 49.8 Å². The van der Waals surface area contributed by atoms with Crippen molar-refractivity contribution in [2.75, 3.05) is 0 Å². The van der Waals surface area contributed by atoms with E-state index in [0.29, 0.717) is 63.3 Å². The summed E-state index contributed by atoms with van der Waals surface area (Å²) in [4.78, 5) is 51.7. The zero-order valence-corrected chi connectivity index (χ0v) is 53.5. The molecule has 16 aromatic rings. The molecule has 100 heavy (non-hydrogen) atoms. The molecule has 0 aliphatic carbocycles. The van der Waals surface area contributed by atoms with Gasteiger partial charge in [-0.2, -0.15) is 10.5 Å². The first kappa shape index (κ1) is 60.7. The average molecular weight is 1280 g/mol. The first-order chi connectivity index (χ1) is 49.4. The van der Waals surface area contributed by atoms with Crippen molar-refractivity contribution in [3.63, 3.8) is 0 Å². The van der Waals surface area contributed by atoms with E-state index in [1.165, 1.54) is 0 Å². The Labute approximate surface area is 577 Å². The molecule has 0 N–H and O–H groups in total. The number of nitriles is 2. The van der Waals surface area contributed by atoms with E-state index in [4.69, 9.17) is 49.8 Å². The van der Waals surface area contributed by atoms with Gasteiger partial charge in [-0.15, -0.1) is 0 Å². The lowest BCUT2D eigenvalue weighted by atomic mass is 9.95. The summed E-state index contributed by atoms with van der Waals surface area (Å²) in [6.45, 7) is 0. The lowest BCUT2D eigenvalue weighted by molar-refractivity contribution is 1.07. The Bertz CT molecular complexity index is 5260. The van der Waals surface area contributed by atoms with Crippen LogP contribution in [0.5, 0.6) is 0 Å². The van der Waals surface area contributed by atoms with Crippen LogP contribution >= 0.6 is 0 Å². The van der Waals surface area contributed by atoms with Crippen LogP contribution in [-0.4, -0.2) is 49.8 Å². The standard InChI is InChI=1S/C88H54N12/c89-55-57-31-35-61(36-32-57)71-47-73(79-53-77(63-19-7-1-8-20-63)91-81(93-79)65-21-9-2-10-22-65)51-74(48-71)80-54-78(92-82(94-80)66-23-11-3-12-24-66)64-43-39-59(40-44-64)60-41-45-70(46-42-60)86-96-85(69-29-17-6-18-30-69)99-88(100-86)76-50-72(62-37-33-58(56-90)34-38-62)49-75(52-76)87-97-83(67-25-13-4-14-26-67)95-84(98-87)68-27-15-5-16-28-68/h1-54H. The van der Waals surface area contributed by atoms with Gasteiger partial charge in [0.05, 0.1) is 46.0 Å². The molecule has 0 saturated carbocycles. The fraction of sp³-hybridized carbons (Fsp3) is 0. The van der Waals surface area contributed by atoms with Crippen molar-refractivity contribution in [1.29, 1.82) is 10.5 Å². The van der Waals surface area contributed by atoms with Crippen LogP contribution in [0, 0.1) is 22.7 Å². The summed E-state index contributed by atoms with van der Waals surface area (Å²) in [6.07, 6.45) is 0. The molecule has 0 bridgehead atoms. The highest BCUT2D eigenvalue weighted by atomic mass is 15.0. The molecule has 4 aromatic heterocycles. The van der Waals surface area contributed by atoms with Crippen molar-refractivity contribution >= 4 is 0 Å². The lowest BCUT2D eigenvalue weighted by Gasteiger charge is -2.14. The number of hydrogen-bond acceptors (Lipinski definition) is 12. The maximum Gasteiger partial charge on any atom is 0.164 e. The molecule has 0 saturated heterocycles. The summed E-state index contributed by atoms with van der Waals surface area (Å²) >= 11 is 0. The number of hydrogen-bond donors (Lipinski definition) is 0. The number of rotatable bonds is 15. The number of benzene rings is 12. The van der Waals surface area contributed by atoms with Crippen LogP contribution < -0.4 is 0 Å². The van der Waals surface area contributed by atoms with E-state index in [1.807, 2.05) is 243 Å². The fourth-order valence-electron chi connectivity index (χ4n) is 12.1. The second kappa shape index (κ2) is 27.3. The summed E-state index contributed by atoms with van der Waals surface area (Å²) < 4.78 is 0. The summed E-state index contributed by atoms with van der Waals surface area (Å²) in [5, 5.41) is 19.6. The van der Waals surface area contributed by atoms with E-state index in [0.717, 1.165) is 117 Å². The van der Waals surface area contributed by atoms with Crippen molar-refractivity contribution < 1.29 is 0 Å². The molecule has 0 atom stereocenters. The molecule has 466 valence electrons. The van der Waals surface area contributed by atoms with Crippen LogP contribution in [0.4, 0.5) is 0 Å². The fourth-order valence-corrected chi connectivity index (χ4v) is 12.1. The molecule has 0 spiro atoms. The van der Waals surface area contributed by atoms with Crippen molar-refractivity contribution in [2.24, 2.45) is 0 Å². The number of nitrogens with zero attached hydrogens (tertiary/aromatic N) is 12. The van der Waals surface area contributed by atoms with E-state index in [1.54, 1.807) is 0 Å². The van der Waals surface area contributed by atoms with E-state index in [-0.39, 0.29) is 0 Å². The Morgan fingerprint density at radius 2 is 0.340 bits per heavy atom. The topological polar surface area (TPSA) is 176 Å². The van der Waals surface area contributed by atoms with Crippen LogP contribution in [0.2, 0.25) is 0 Å². The molecule has 12 nitrogen and oxygen atoms in total. The van der Waals surface area contributed by atoms with E-state index in [9.17, 15) is 10.5 Å². The maximum atomic E-state index is 9.79. The van der Waals surface area contributed by atoms with Gasteiger partial charge >= 0.3 is 0 Å². The van der Waals surface area contributed by atoms with Crippen molar-refractivity contribution in [3.8, 4) is 182 Å². The Kier molecular flexibility index (Phi) is 16.6. The van der Waals surface area contributed by atoms with E-state index in [2.05, 4.69) is 97.1 Å². The molecule has 16 rings (SSSR count). The summed E-state index contributed by atoms with van der Waals surface area (Å²) in [5.74, 6) is 4.17. The molecule has 12 heteroatoms. The highest BCUT2D eigenvalue weighted by Crippen LogP contribution is 2.39. The third-order valence-electron chi connectivity index (χ3n) is 17.3. The summed E-state index contributed by atoms with van der Waals surface area (Å²) in [6, 6.07) is 113. The molecule has 0 fully saturated rings. The van der Waals surface area contributed by atoms with Gasteiger partial charge in [-0.1, -0.05) is 255 Å². The second-order valence-electron chi connectivity index (χ2n) is 23.9. The van der Waals surface area contributed by atoms with Gasteiger partial charge in [0.1, 0.15) is 0 Å². The van der Waals surface area contributed by atoms with Gasteiger partial charge in [-0.05, 0) is 106 Å². The molecule has 0 radical (unpaired) electrons. The van der Waals surface area contributed by atoms with Gasteiger partial charge in [0.25, 0.3) is 0 Å². The Hall–Kier alpha value is -14.2. The molecular weight excluding hydrogens is 1230 g/mol. The average Bonchev–Trinajstić information content (AvgIpc) is 0.783. The van der Waals surface area contributed by atoms with E-state index < -0.39 is 0 Å². The van der Waals surface area contributed by atoms with E-state index >= 15 is 0 Å². The first-order valence-corrected chi connectivity index (χ1v) is 32.5. The van der Waals surface area contributed by atoms with Gasteiger partial charge in [0, 0.05) is 66.8 Å². The molecule has 0 aliphatic rings. The number of aromatic nitrogens is 10. The van der Waals surface area contributed by atoms with Gasteiger partial charge in [0.2, 0.25) is 0 Å². The smallest absolute Gasteiger partial charge is 0.164 e. The predicted octanol–water partition coefficient (Wildman–Crippen LogP) is 20.4. The predicted molar refractivity (Wildman–Crippen MR) is 395 cm³/mol. The highest BCUT2D eigenvalue weighted by molar-refractivity contribution is 5.85. The van der Waals surface area contributed by atoms with Crippen molar-refractivity contribution in [3.05, 3.63) is 339 Å². The Balaban J connectivity index is 0.768. The monoisotopic (exact) mass is 1280 g/mol. The molecule has 0 unspecified atom stereocenters. The highest BCUT2D eigenvalue weighted by Gasteiger charge is 2.21. The Morgan fingerprint density at radius 3 is 0.650 bits per heavy atom. The third-order valence-corrected chi connectivity index (χ3v) is 17.3.